The molecule has 1 aliphatic heterocycles. The Labute approximate surface area is 84.2 Å². The van der Waals surface area contributed by atoms with E-state index in [0.29, 0.717) is 13.0 Å². The zero-order valence-corrected chi connectivity index (χ0v) is 8.78. The number of rotatable bonds is 4. The number of carbonyl (C=O) groups excluding carboxylic acids is 2. The van der Waals surface area contributed by atoms with E-state index >= 15 is 0 Å². The molecular formula is C10H17NO3. The monoisotopic (exact) mass is 199 g/mol. The maximum atomic E-state index is 11.6. The smallest absolute Gasteiger partial charge is 0.318 e. The molecule has 0 aliphatic carbocycles. The lowest BCUT2D eigenvalue weighted by Gasteiger charge is -2.15. The van der Waals surface area contributed by atoms with Gasteiger partial charge < -0.3 is 9.64 Å². The van der Waals surface area contributed by atoms with Gasteiger partial charge in [-0.05, 0) is 12.8 Å². The normalized spacial score (nSPS) is 21.4. The summed E-state index contributed by atoms with van der Waals surface area (Å²) in [6.07, 6.45) is 2.67. The van der Waals surface area contributed by atoms with Crippen LogP contribution in [0, 0.1) is 5.92 Å². The summed E-state index contributed by atoms with van der Waals surface area (Å²) in [6.45, 7) is 3.54. The van der Waals surface area contributed by atoms with Crippen LogP contribution < -0.4 is 0 Å². The lowest BCUT2D eigenvalue weighted by molar-refractivity contribution is -0.150. The van der Waals surface area contributed by atoms with Crippen LogP contribution in [0.3, 0.4) is 0 Å². The summed E-state index contributed by atoms with van der Waals surface area (Å²) >= 11 is 0. The molecule has 0 aromatic heterocycles. The summed E-state index contributed by atoms with van der Waals surface area (Å²) < 4.78 is 4.57. The van der Waals surface area contributed by atoms with Crippen LogP contribution in [0.4, 0.5) is 0 Å². The zero-order valence-electron chi connectivity index (χ0n) is 8.78. The summed E-state index contributed by atoms with van der Waals surface area (Å²) in [7, 11) is 1.32. The van der Waals surface area contributed by atoms with Crippen LogP contribution in [0.5, 0.6) is 0 Å². The fourth-order valence-corrected chi connectivity index (χ4v) is 1.67. The third-order valence-corrected chi connectivity index (χ3v) is 2.56. The maximum absolute atomic E-state index is 11.6. The lowest BCUT2D eigenvalue weighted by Crippen LogP contribution is -2.31. The predicted octanol–water partition coefficient (Wildman–Crippen LogP) is 0.808. The minimum absolute atomic E-state index is 0.0645. The van der Waals surface area contributed by atoms with Gasteiger partial charge in [0.15, 0.2) is 0 Å². The van der Waals surface area contributed by atoms with E-state index in [2.05, 4.69) is 11.7 Å². The van der Waals surface area contributed by atoms with Crippen molar-refractivity contribution in [3.05, 3.63) is 0 Å². The van der Waals surface area contributed by atoms with E-state index in [1.165, 1.54) is 7.11 Å². The van der Waals surface area contributed by atoms with Crippen LogP contribution >= 0.6 is 0 Å². The van der Waals surface area contributed by atoms with Gasteiger partial charge in [-0.15, -0.1) is 0 Å². The molecule has 0 radical (unpaired) electrons. The molecule has 0 aromatic rings. The molecule has 4 nitrogen and oxygen atoms in total. The van der Waals surface area contributed by atoms with E-state index in [4.69, 9.17) is 0 Å². The minimum atomic E-state index is -0.545. The average molecular weight is 199 g/mol. The van der Waals surface area contributed by atoms with Crippen LogP contribution in [-0.2, 0) is 14.3 Å². The second kappa shape index (κ2) is 4.98. The van der Waals surface area contributed by atoms with Crippen molar-refractivity contribution in [1.29, 1.82) is 0 Å². The molecule has 1 unspecified atom stereocenters. The van der Waals surface area contributed by atoms with Gasteiger partial charge in [-0.2, -0.15) is 0 Å². The van der Waals surface area contributed by atoms with E-state index in [9.17, 15) is 9.59 Å². The molecular weight excluding hydrogens is 182 g/mol. The molecule has 1 rings (SSSR count). The summed E-state index contributed by atoms with van der Waals surface area (Å²) in [5.74, 6) is -1.00. The van der Waals surface area contributed by atoms with Gasteiger partial charge in [-0.1, -0.05) is 13.3 Å². The number of ether oxygens (including phenoxy) is 1. The Hall–Kier alpha value is -1.06. The molecule has 4 heteroatoms. The highest BCUT2D eigenvalue weighted by Gasteiger charge is 2.36. The van der Waals surface area contributed by atoms with E-state index < -0.39 is 11.9 Å². The van der Waals surface area contributed by atoms with Crippen LogP contribution in [0.2, 0.25) is 0 Å². The molecule has 0 N–H and O–H groups in total. The molecule has 0 saturated carbocycles. The molecule has 1 atom stereocenters. The second-order valence-electron chi connectivity index (χ2n) is 3.54. The zero-order chi connectivity index (χ0) is 10.6. The molecule has 1 aliphatic rings. The number of unbranched alkanes of at least 4 members (excludes halogenated alkanes) is 1. The van der Waals surface area contributed by atoms with E-state index in [1.807, 2.05) is 0 Å². The lowest BCUT2D eigenvalue weighted by atomic mass is 10.1. The fourth-order valence-electron chi connectivity index (χ4n) is 1.67. The number of carbonyl (C=O) groups is 2. The van der Waals surface area contributed by atoms with Crippen molar-refractivity contribution in [2.24, 2.45) is 5.92 Å². The number of methoxy groups -OCH3 is 1. The second-order valence-corrected chi connectivity index (χ2v) is 3.54. The first-order chi connectivity index (χ1) is 6.70. The Balaban J connectivity index is 2.47. The fraction of sp³-hybridized carbons (Fsp3) is 0.800. The molecule has 1 heterocycles. The summed E-state index contributed by atoms with van der Waals surface area (Å²) in [5, 5.41) is 0. The highest BCUT2D eigenvalue weighted by Crippen LogP contribution is 2.19. The van der Waals surface area contributed by atoms with Gasteiger partial charge in [-0.3, -0.25) is 9.59 Å². The van der Waals surface area contributed by atoms with Crippen LogP contribution in [0.15, 0.2) is 0 Å². The maximum Gasteiger partial charge on any atom is 0.318 e. The van der Waals surface area contributed by atoms with Crippen LogP contribution in [0.25, 0.3) is 0 Å². The molecule has 14 heavy (non-hydrogen) atoms. The molecule has 80 valence electrons. The van der Waals surface area contributed by atoms with Crippen LogP contribution in [0.1, 0.15) is 26.2 Å². The van der Waals surface area contributed by atoms with E-state index in [1.54, 1.807) is 4.90 Å². The first kappa shape index (κ1) is 11.0. The number of nitrogens with zero attached hydrogens (tertiary/aromatic N) is 1. The summed E-state index contributed by atoms with van der Waals surface area (Å²) in [6, 6.07) is 0. The Morgan fingerprint density at radius 1 is 1.64 bits per heavy atom. The Kier molecular flexibility index (Phi) is 3.92. The third-order valence-electron chi connectivity index (χ3n) is 2.56. The van der Waals surface area contributed by atoms with Crippen molar-refractivity contribution in [2.45, 2.75) is 26.2 Å². The molecule has 1 fully saturated rings. The number of amides is 1. The van der Waals surface area contributed by atoms with Crippen molar-refractivity contribution in [2.75, 3.05) is 20.2 Å². The predicted molar refractivity (Wildman–Crippen MR) is 51.6 cm³/mol. The van der Waals surface area contributed by atoms with Crippen molar-refractivity contribution >= 4 is 11.9 Å². The topological polar surface area (TPSA) is 46.6 Å². The largest absolute Gasteiger partial charge is 0.468 e. The number of hydrogen-bond acceptors (Lipinski definition) is 3. The van der Waals surface area contributed by atoms with E-state index in [-0.39, 0.29) is 5.91 Å². The van der Waals surface area contributed by atoms with Crippen molar-refractivity contribution in [3.8, 4) is 0 Å². The Morgan fingerprint density at radius 2 is 2.36 bits per heavy atom. The summed E-state index contributed by atoms with van der Waals surface area (Å²) in [4.78, 5) is 24.6. The van der Waals surface area contributed by atoms with Gasteiger partial charge in [0, 0.05) is 13.1 Å². The van der Waals surface area contributed by atoms with Gasteiger partial charge in [0.05, 0.1) is 7.11 Å². The SMILES string of the molecule is CCCCN1CCC(C(=O)OC)C1=O. The van der Waals surface area contributed by atoms with E-state index in [0.717, 1.165) is 19.4 Å². The summed E-state index contributed by atoms with van der Waals surface area (Å²) in [5.41, 5.74) is 0. The Bertz CT molecular complexity index is 227. The minimum Gasteiger partial charge on any atom is -0.468 e. The first-order valence-corrected chi connectivity index (χ1v) is 5.07. The highest BCUT2D eigenvalue weighted by molar-refractivity contribution is 5.99. The van der Waals surface area contributed by atoms with Crippen molar-refractivity contribution < 1.29 is 14.3 Å². The molecule has 1 amide bonds. The molecule has 1 saturated heterocycles. The molecule has 0 spiro atoms. The van der Waals surface area contributed by atoms with Crippen molar-refractivity contribution in [1.82, 2.24) is 4.90 Å². The standard InChI is InChI=1S/C10H17NO3/c1-3-4-6-11-7-5-8(9(11)12)10(13)14-2/h8H,3-7H2,1-2H3. The quantitative estimate of drug-likeness (QED) is 0.497. The highest BCUT2D eigenvalue weighted by atomic mass is 16.5. The van der Waals surface area contributed by atoms with Gasteiger partial charge in [0.2, 0.25) is 5.91 Å². The third kappa shape index (κ3) is 2.25. The molecule has 0 aromatic carbocycles. The van der Waals surface area contributed by atoms with Gasteiger partial charge in [0.1, 0.15) is 5.92 Å². The van der Waals surface area contributed by atoms with Crippen LogP contribution in [-0.4, -0.2) is 37.0 Å². The van der Waals surface area contributed by atoms with Gasteiger partial charge in [0.25, 0.3) is 0 Å². The average Bonchev–Trinajstić information content (AvgIpc) is 2.56. The Morgan fingerprint density at radius 3 is 2.93 bits per heavy atom. The number of likely N-dealkylation sites (tertiary alicyclic amines) is 1. The number of hydrogen-bond donors (Lipinski definition) is 0. The van der Waals surface area contributed by atoms with Gasteiger partial charge in [-0.25, -0.2) is 0 Å². The number of esters is 1. The van der Waals surface area contributed by atoms with Gasteiger partial charge >= 0.3 is 5.97 Å². The van der Waals surface area contributed by atoms with Crippen molar-refractivity contribution in [3.63, 3.8) is 0 Å². The first-order valence-electron chi connectivity index (χ1n) is 5.07. The molecule has 0 bridgehead atoms.